The van der Waals surface area contributed by atoms with E-state index in [2.05, 4.69) is 46.2 Å². The molecule has 28 heavy (non-hydrogen) atoms. The number of nitrogens with zero attached hydrogens (tertiary/aromatic N) is 4. The zero-order valence-electron chi connectivity index (χ0n) is 16.6. The minimum absolute atomic E-state index is 0.280. The Balaban J connectivity index is 1.62. The fourth-order valence-electron chi connectivity index (χ4n) is 3.71. The molecule has 0 unspecified atom stereocenters. The summed E-state index contributed by atoms with van der Waals surface area (Å²) in [4.78, 5) is 14.1. The molecule has 0 amide bonds. The molecule has 1 saturated carbocycles. The number of hydrogen-bond acceptors (Lipinski definition) is 6. The van der Waals surface area contributed by atoms with Gasteiger partial charge in [-0.05, 0) is 45.1 Å². The van der Waals surface area contributed by atoms with Crippen LogP contribution in [0.5, 0.6) is 0 Å². The molecule has 2 aromatic heterocycles. The quantitative estimate of drug-likeness (QED) is 0.605. The van der Waals surface area contributed by atoms with Crippen molar-refractivity contribution < 1.29 is 0 Å². The van der Waals surface area contributed by atoms with E-state index >= 15 is 0 Å². The molecule has 0 atom stereocenters. The molecule has 1 aliphatic rings. The summed E-state index contributed by atoms with van der Waals surface area (Å²) in [5.41, 5.74) is 8.91. The van der Waals surface area contributed by atoms with Crippen LogP contribution >= 0.6 is 0 Å². The van der Waals surface area contributed by atoms with Crippen LogP contribution in [0.1, 0.15) is 51.1 Å². The Labute approximate surface area is 165 Å². The Hall–Kier alpha value is -2.67. The molecule has 1 fully saturated rings. The molecule has 2 heterocycles. The molecule has 4 rings (SSSR count). The normalized spacial score (nSPS) is 19.9. The van der Waals surface area contributed by atoms with Crippen molar-refractivity contribution in [3.05, 3.63) is 42.2 Å². The van der Waals surface area contributed by atoms with E-state index in [-0.39, 0.29) is 6.04 Å². The van der Waals surface area contributed by atoms with Crippen molar-refractivity contribution in [2.24, 2.45) is 5.73 Å². The lowest BCUT2D eigenvalue weighted by Crippen LogP contribution is -2.33. The highest BCUT2D eigenvalue weighted by Gasteiger charge is 2.21. The molecule has 0 bridgehead atoms. The van der Waals surface area contributed by atoms with Gasteiger partial charge in [-0.2, -0.15) is 9.97 Å². The Morgan fingerprint density at radius 3 is 2.57 bits per heavy atom. The number of imidazole rings is 1. The van der Waals surface area contributed by atoms with E-state index < -0.39 is 0 Å². The molecular weight excluding hydrogens is 350 g/mol. The van der Waals surface area contributed by atoms with Gasteiger partial charge in [0.05, 0.1) is 6.33 Å². The van der Waals surface area contributed by atoms with Crippen LogP contribution in [0.3, 0.4) is 0 Å². The molecule has 1 aromatic carbocycles. The van der Waals surface area contributed by atoms with Crippen molar-refractivity contribution in [2.75, 3.05) is 10.6 Å². The van der Waals surface area contributed by atoms with E-state index in [1.165, 1.54) is 5.56 Å². The monoisotopic (exact) mass is 379 g/mol. The van der Waals surface area contributed by atoms with E-state index in [1.807, 2.05) is 24.5 Å². The van der Waals surface area contributed by atoms with Crippen LogP contribution in [0.4, 0.5) is 11.8 Å². The lowest BCUT2D eigenvalue weighted by molar-refractivity contribution is 0.410. The Morgan fingerprint density at radius 1 is 1.11 bits per heavy atom. The van der Waals surface area contributed by atoms with Gasteiger partial charge in [0.2, 0.25) is 5.95 Å². The minimum atomic E-state index is 0.280. The van der Waals surface area contributed by atoms with Crippen LogP contribution in [0.25, 0.3) is 11.2 Å². The van der Waals surface area contributed by atoms with E-state index in [9.17, 15) is 0 Å². The maximum atomic E-state index is 6.04. The molecule has 0 radical (unpaired) electrons. The highest BCUT2D eigenvalue weighted by Crippen LogP contribution is 2.26. The second-order valence-corrected chi connectivity index (χ2v) is 7.91. The van der Waals surface area contributed by atoms with Gasteiger partial charge >= 0.3 is 0 Å². The van der Waals surface area contributed by atoms with Crippen molar-refractivity contribution in [3.8, 4) is 0 Å². The van der Waals surface area contributed by atoms with Gasteiger partial charge in [-0.25, -0.2) is 4.98 Å². The first-order chi connectivity index (χ1) is 13.6. The number of nitrogens with two attached hydrogens (primary N) is 1. The second kappa shape index (κ2) is 8.14. The highest BCUT2D eigenvalue weighted by atomic mass is 15.2. The summed E-state index contributed by atoms with van der Waals surface area (Å²) >= 11 is 0. The van der Waals surface area contributed by atoms with Gasteiger partial charge in [0.1, 0.15) is 0 Å². The number of anilines is 2. The molecule has 0 saturated heterocycles. The number of rotatable bonds is 6. The summed E-state index contributed by atoms with van der Waals surface area (Å²) < 4.78 is 2.09. The lowest BCUT2D eigenvalue weighted by Gasteiger charge is -2.27. The molecule has 7 nitrogen and oxygen atoms in total. The fraction of sp³-hybridized carbons (Fsp3) is 0.476. The first-order valence-corrected chi connectivity index (χ1v) is 10.1. The highest BCUT2D eigenvalue weighted by molar-refractivity contribution is 5.84. The molecule has 148 valence electrons. The molecule has 3 aromatic rings. The van der Waals surface area contributed by atoms with E-state index in [0.717, 1.165) is 42.7 Å². The topological polar surface area (TPSA) is 93.7 Å². The van der Waals surface area contributed by atoms with Crippen molar-refractivity contribution in [3.63, 3.8) is 0 Å². The summed E-state index contributed by atoms with van der Waals surface area (Å²) in [6.45, 7) is 4.96. The summed E-state index contributed by atoms with van der Waals surface area (Å²) in [7, 11) is 0. The predicted molar refractivity (Wildman–Crippen MR) is 113 cm³/mol. The van der Waals surface area contributed by atoms with Gasteiger partial charge < -0.3 is 20.9 Å². The minimum Gasteiger partial charge on any atom is -0.364 e. The molecule has 4 N–H and O–H groups in total. The molecule has 1 aliphatic carbocycles. The van der Waals surface area contributed by atoms with Crippen LogP contribution in [0.15, 0.2) is 36.7 Å². The molecule has 0 spiro atoms. The van der Waals surface area contributed by atoms with E-state index in [0.29, 0.717) is 24.6 Å². The SMILES string of the molecule is CC(C)n1cnc2c(NCc3ccccc3)nc(N[C@H]3CC[C@H](N)CC3)nc21. The average molecular weight is 380 g/mol. The van der Waals surface area contributed by atoms with Gasteiger partial charge in [-0.3, -0.25) is 0 Å². The van der Waals surface area contributed by atoms with Crippen molar-refractivity contribution in [1.82, 2.24) is 19.5 Å². The van der Waals surface area contributed by atoms with Crippen molar-refractivity contribution >= 4 is 22.9 Å². The average Bonchev–Trinajstić information content (AvgIpc) is 3.13. The van der Waals surface area contributed by atoms with Crippen molar-refractivity contribution in [2.45, 2.75) is 64.2 Å². The zero-order chi connectivity index (χ0) is 19.5. The van der Waals surface area contributed by atoms with E-state index in [4.69, 9.17) is 15.7 Å². The van der Waals surface area contributed by atoms with Crippen molar-refractivity contribution in [1.29, 1.82) is 0 Å². The van der Waals surface area contributed by atoms with Gasteiger partial charge in [-0.1, -0.05) is 30.3 Å². The fourth-order valence-corrected chi connectivity index (χ4v) is 3.71. The summed E-state index contributed by atoms with van der Waals surface area (Å²) in [5, 5.41) is 6.98. The first kappa shape index (κ1) is 18.7. The van der Waals surface area contributed by atoms with Gasteiger partial charge in [0.15, 0.2) is 17.0 Å². The second-order valence-electron chi connectivity index (χ2n) is 7.91. The number of aromatic nitrogens is 4. The van der Waals surface area contributed by atoms with E-state index in [1.54, 1.807) is 0 Å². The standard InChI is InChI=1S/C21H29N7/c1-14(2)28-13-24-18-19(23-12-15-6-4-3-5-7-15)26-21(27-20(18)28)25-17-10-8-16(22)9-11-17/h3-7,13-14,16-17H,8-12,22H2,1-2H3,(H2,23,25,26,27)/t16-,17-. The Kier molecular flexibility index (Phi) is 5.43. The molecule has 0 aliphatic heterocycles. The van der Waals surface area contributed by atoms with Crippen LogP contribution in [-0.4, -0.2) is 31.6 Å². The van der Waals surface area contributed by atoms with Crippen LogP contribution in [0.2, 0.25) is 0 Å². The van der Waals surface area contributed by atoms with Gasteiger partial charge in [0.25, 0.3) is 0 Å². The maximum absolute atomic E-state index is 6.04. The molecule has 7 heteroatoms. The largest absolute Gasteiger partial charge is 0.364 e. The Bertz CT molecular complexity index is 911. The summed E-state index contributed by atoms with van der Waals surface area (Å²) in [5.74, 6) is 1.43. The Morgan fingerprint density at radius 2 is 1.86 bits per heavy atom. The number of nitrogens with one attached hydrogen (secondary N) is 2. The maximum Gasteiger partial charge on any atom is 0.227 e. The predicted octanol–water partition coefficient (Wildman–Crippen LogP) is 3.70. The van der Waals surface area contributed by atoms with Crippen LogP contribution in [-0.2, 0) is 6.54 Å². The molecular formula is C21H29N7. The number of hydrogen-bond donors (Lipinski definition) is 3. The third kappa shape index (κ3) is 4.09. The van der Waals surface area contributed by atoms with Crippen LogP contribution < -0.4 is 16.4 Å². The van der Waals surface area contributed by atoms with Gasteiger partial charge in [-0.15, -0.1) is 0 Å². The third-order valence-electron chi connectivity index (χ3n) is 5.39. The lowest BCUT2D eigenvalue weighted by atomic mass is 9.92. The van der Waals surface area contributed by atoms with Gasteiger partial charge in [0, 0.05) is 24.7 Å². The number of benzene rings is 1. The summed E-state index contributed by atoms with van der Waals surface area (Å²) in [6.07, 6.45) is 6.05. The smallest absolute Gasteiger partial charge is 0.227 e. The zero-order valence-corrected chi connectivity index (χ0v) is 16.6. The van der Waals surface area contributed by atoms with Crippen LogP contribution in [0, 0.1) is 0 Å². The third-order valence-corrected chi connectivity index (χ3v) is 5.39. The number of fused-ring (bicyclic) bond motifs is 1. The first-order valence-electron chi connectivity index (χ1n) is 10.1. The summed E-state index contributed by atoms with van der Waals surface area (Å²) in [6, 6.07) is 11.3.